The van der Waals surface area contributed by atoms with Gasteiger partial charge in [0.1, 0.15) is 6.10 Å². The number of hydrogen-bond acceptors (Lipinski definition) is 3. The summed E-state index contributed by atoms with van der Waals surface area (Å²) in [5.74, 6) is -0.723. The first-order valence-electron chi connectivity index (χ1n) is 10.2. The Morgan fingerprint density at radius 1 is 1.03 bits per heavy atom. The summed E-state index contributed by atoms with van der Waals surface area (Å²) in [6.45, 7) is 6.34. The van der Waals surface area contributed by atoms with E-state index in [9.17, 15) is 9.90 Å². The Hall–Kier alpha value is -1.88. The van der Waals surface area contributed by atoms with Gasteiger partial charge in [-0.1, -0.05) is 60.7 Å². The van der Waals surface area contributed by atoms with E-state index in [4.69, 9.17) is 4.74 Å². The summed E-state index contributed by atoms with van der Waals surface area (Å²) in [5.41, 5.74) is 1.69. The van der Waals surface area contributed by atoms with Crippen molar-refractivity contribution in [3.05, 3.63) is 71.8 Å². The molecule has 0 aromatic heterocycles. The zero-order chi connectivity index (χ0) is 20.0. The van der Waals surface area contributed by atoms with Crippen LogP contribution < -0.4 is 0 Å². The average molecular weight is 418 g/mol. The monoisotopic (exact) mass is 417 g/mol. The topological polar surface area (TPSA) is 49.8 Å². The van der Waals surface area contributed by atoms with Crippen LogP contribution in [0.4, 0.5) is 0 Å². The molecule has 4 nitrogen and oxygen atoms in total. The molecule has 1 aliphatic rings. The van der Waals surface area contributed by atoms with Crippen LogP contribution in [-0.4, -0.2) is 41.7 Å². The lowest BCUT2D eigenvalue weighted by Gasteiger charge is -2.35. The summed E-state index contributed by atoms with van der Waals surface area (Å²) in [4.78, 5) is 13.7. The Kier molecular flexibility index (Phi) is 8.69. The number of nitrogens with zero attached hydrogens (tertiary/aromatic N) is 1. The summed E-state index contributed by atoms with van der Waals surface area (Å²) in [5, 5.41) is 9.29. The van der Waals surface area contributed by atoms with Crippen LogP contribution in [0.1, 0.15) is 50.3 Å². The molecule has 0 saturated carbocycles. The first kappa shape index (κ1) is 23.4. The van der Waals surface area contributed by atoms with Crippen molar-refractivity contribution in [2.75, 3.05) is 19.6 Å². The van der Waals surface area contributed by atoms with Gasteiger partial charge in [0.25, 0.3) is 0 Å². The lowest BCUT2D eigenvalue weighted by atomic mass is 9.89. The van der Waals surface area contributed by atoms with Crippen LogP contribution in [0.2, 0.25) is 0 Å². The minimum Gasteiger partial charge on any atom is -0.481 e. The molecule has 1 heterocycles. The third-order valence-corrected chi connectivity index (χ3v) is 5.70. The molecule has 1 saturated heterocycles. The molecule has 0 aliphatic carbocycles. The maximum absolute atomic E-state index is 11.3. The van der Waals surface area contributed by atoms with Gasteiger partial charge in [0.15, 0.2) is 0 Å². The Labute approximate surface area is 180 Å². The largest absolute Gasteiger partial charge is 0.481 e. The fourth-order valence-electron chi connectivity index (χ4n) is 3.61. The number of ether oxygens (including phenoxy) is 1. The molecule has 158 valence electrons. The minimum atomic E-state index is -0.723. The van der Waals surface area contributed by atoms with Crippen molar-refractivity contribution in [3.8, 4) is 0 Å². The normalized spacial score (nSPS) is 15.8. The van der Waals surface area contributed by atoms with Crippen molar-refractivity contribution in [2.24, 2.45) is 5.41 Å². The van der Waals surface area contributed by atoms with Gasteiger partial charge in [-0.3, -0.25) is 4.79 Å². The van der Waals surface area contributed by atoms with Crippen molar-refractivity contribution >= 4 is 18.4 Å². The van der Waals surface area contributed by atoms with Crippen molar-refractivity contribution in [1.82, 2.24) is 4.90 Å². The van der Waals surface area contributed by atoms with Gasteiger partial charge in [-0.25, -0.2) is 0 Å². The van der Waals surface area contributed by atoms with Gasteiger partial charge in [0.2, 0.25) is 0 Å². The molecule has 2 aromatic rings. The van der Waals surface area contributed by atoms with Crippen LogP contribution in [0.15, 0.2) is 60.7 Å². The standard InChI is InChI=1S/C24H31NO3.ClH/c1-24(2,23(26)27)15-18-25-16-13-21(14-17-25)28-22(19-9-5-3-6-10-19)20-11-7-4-8-12-20;/h3-12,21-22H,13-18H2,1-2H3,(H,26,27);1H. The molecule has 1 aliphatic heterocycles. The van der Waals surface area contributed by atoms with E-state index in [1.54, 1.807) is 13.8 Å². The fraction of sp³-hybridized carbons (Fsp3) is 0.458. The molecule has 1 fully saturated rings. The number of hydrogen-bond donors (Lipinski definition) is 1. The minimum absolute atomic E-state index is 0. The second-order valence-corrected chi connectivity index (χ2v) is 8.32. The molecular weight excluding hydrogens is 386 g/mol. The number of aliphatic carboxylic acids is 1. The Morgan fingerprint density at radius 2 is 1.52 bits per heavy atom. The highest BCUT2D eigenvalue weighted by Crippen LogP contribution is 2.30. The number of carbonyl (C=O) groups is 1. The zero-order valence-electron chi connectivity index (χ0n) is 17.3. The molecule has 5 heteroatoms. The third kappa shape index (κ3) is 6.56. The number of rotatable bonds is 8. The molecule has 0 spiro atoms. The first-order valence-corrected chi connectivity index (χ1v) is 10.2. The second-order valence-electron chi connectivity index (χ2n) is 8.32. The lowest BCUT2D eigenvalue weighted by molar-refractivity contribution is -0.147. The number of carboxylic acid groups (broad SMARTS) is 1. The van der Waals surface area contributed by atoms with E-state index in [1.807, 2.05) is 12.1 Å². The molecule has 0 amide bonds. The van der Waals surface area contributed by atoms with Crippen LogP contribution in [0, 0.1) is 5.41 Å². The second kappa shape index (κ2) is 10.8. The van der Waals surface area contributed by atoms with Gasteiger partial charge in [0, 0.05) is 13.1 Å². The number of likely N-dealkylation sites (tertiary alicyclic amines) is 1. The molecule has 0 unspecified atom stereocenters. The van der Waals surface area contributed by atoms with E-state index in [0.29, 0.717) is 6.42 Å². The molecule has 0 bridgehead atoms. The number of carboxylic acids is 1. The highest BCUT2D eigenvalue weighted by molar-refractivity contribution is 5.85. The average Bonchev–Trinajstić information content (AvgIpc) is 2.72. The van der Waals surface area contributed by atoms with Gasteiger partial charge in [0.05, 0.1) is 11.5 Å². The van der Waals surface area contributed by atoms with E-state index in [0.717, 1.165) is 32.5 Å². The van der Waals surface area contributed by atoms with Gasteiger partial charge in [-0.05, 0) is 50.8 Å². The van der Waals surface area contributed by atoms with Crippen molar-refractivity contribution in [3.63, 3.8) is 0 Å². The smallest absolute Gasteiger partial charge is 0.309 e. The van der Waals surface area contributed by atoms with Gasteiger partial charge < -0.3 is 14.7 Å². The third-order valence-electron chi connectivity index (χ3n) is 5.70. The molecular formula is C24H32ClNO3. The van der Waals surface area contributed by atoms with Crippen molar-refractivity contribution in [1.29, 1.82) is 0 Å². The molecule has 0 radical (unpaired) electrons. The maximum atomic E-state index is 11.3. The van der Waals surface area contributed by atoms with E-state index < -0.39 is 11.4 Å². The van der Waals surface area contributed by atoms with E-state index >= 15 is 0 Å². The van der Waals surface area contributed by atoms with Gasteiger partial charge in [-0.15, -0.1) is 12.4 Å². The Bertz CT molecular complexity index is 704. The Morgan fingerprint density at radius 3 is 1.97 bits per heavy atom. The summed E-state index contributed by atoms with van der Waals surface area (Å²) >= 11 is 0. The van der Waals surface area contributed by atoms with E-state index in [2.05, 4.69) is 53.4 Å². The number of halogens is 1. The molecule has 1 N–H and O–H groups in total. The first-order chi connectivity index (χ1) is 13.5. The molecule has 2 aromatic carbocycles. The highest BCUT2D eigenvalue weighted by Gasteiger charge is 2.29. The van der Waals surface area contributed by atoms with Crippen molar-refractivity contribution in [2.45, 2.75) is 45.3 Å². The quantitative estimate of drug-likeness (QED) is 0.642. The lowest BCUT2D eigenvalue weighted by Crippen LogP contribution is -2.40. The van der Waals surface area contributed by atoms with Crippen molar-refractivity contribution < 1.29 is 14.6 Å². The summed E-state index contributed by atoms with van der Waals surface area (Å²) in [6, 6.07) is 20.8. The summed E-state index contributed by atoms with van der Waals surface area (Å²) in [6.07, 6.45) is 2.79. The highest BCUT2D eigenvalue weighted by atomic mass is 35.5. The van der Waals surface area contributed by atoms with Gasteiger partial charge in [-0.2, -0.15) is 0 Å². The van der Waals surface area contributed by atoms with E-state index in [-0.39, 0.29) is 24.6 Å². The molecule has 0 atom stereocenters. The SMILES string of the molecule is CC(C)(CCN1CCC(OC(c2ccccc2)c2ccccc2)CC1)C(=O)O.Cl. The van der Waals surface area contributed by atoms with Crippen LogP contribution in [0.25, 0.3) is 0 Å². The molecule has 29 heavy (non-hydrogen) atoms. The van der Waals surface area contributed by atoms with Crippen LogP contribution in [-0.2, 0) is 9.53 Å². The van der Waals surface area contributed by atoms with Gasteiger partial charge >= 0.3 is 5.97 Å². The number of benzene rings is 2. The maximum Gasteiger partial charge on any atom is 0.309 e. The van der Waals surface area contributed by atoms with Crippen LogP contribution >= 0.6 is 12.4 Å². The van der Waals surface area contributed by atoms with E-state index in [1.165, 1.54) is 11.1 Å². The van der Waals surface area contributed by atoms with Crippen LogP contribution in [0.5, 0.6) is 0 Å². The predicted octanol–water partition coefficient (Wildman–Crippen LogP) is 5.18. The summed E-state index contributed by atoms with van der Waals surface area (Å²) in [7, 11) is 0. The predicted molar refractivity (Wildman–Crippen MR) is 119 cm³/mol. The fourth-order valence-corrected chi connectivity index (χ4v) is 3.61. The Balaban J connectivity index is 0.00000300. The van der Waals surface area contributed by atoms with Crippen LogP contribution in [0.3, 0.4) is 0 Å². The zero-order valence-corrected chi connectivity index (χ0v) is 18.1. The summed E-state index contributed by atoms with van der Waals surface area (Å²) < 4.78 is 6.57. The number of piperidine rings is 1. The molecule has 3 rings (SSSR count).